The summed E-state index contributed by atoms with van der Waals surface area (Å²) in [6.07, 6.45) is 0. The van der Waals surface area contributed by atoms with Crippen molar-refractivity contribution in [2.45, 2.75) is 4.90 Å². The third kappa shape index (κ3) is 2.84. The Balaban J connectivity index is 3.36. The molecule has 15 heavy (non-hydrogen) atoms. The van der Waals surface area contributed by atoms with Gasteiger partial charge in [-0.1, -0.05) is 11.6 Å². The molecule has 4 nitrogen and oxygen atoms in total. The van der Waals surface area contributed by atoms with E-state index in [4.69, 9.17) is 22.3 Å². The van der Waals surface area contributed by atoms with Gasteiger partial charge in [-0.05, 0) is 18.2 Å². The normalized spacial score (nSPS) is 11.1. The summed E-state index contributed by atoms with van der Waals surface area (Å²) in [5.41, 5.74) is 0.0705. The zero-order valence-corrected chi connectivity index (χ0v) is 9.86. The molecule has 0 N–H and O–H groups in total. The Kier molecular flexibility index (Phi) is 3.59. The summed E-state index contributed by atoms with van der Waals surface area (Å²) >= 11 is 5.61. The van der Waals surface area contributed by atoms with Crippen molar-refractivity contribution in [2.75, 3.05) is 7.11 Å². The molecule has 1 aromatic rings. The SMILES string of the molecule is COC(=O)c1ccc(Cl)c(S(=O)(=O)Cl)c1. The van der Waals surface area contributed by atoms with E-state index in [1.165, 1.54) is 19.2 Å². The fourth-order valence-corrected chi connectivity index (χ4v) is 2.43. The lowest BCUT2D eigenvalue weighted by Crippen LogP contribution is -2.03. The first-order valence-electron chi connectivity index (χ1n) is 3.69. The number of hydrogen-bond acceptors (Lipinski definition) is 4. The number of carbonyl (C=O) groups is 1. The van der Waals surface area contributed by atoms with Gasteiger partial charge in [-0.3, -0.25) is 0 Å². The zero-order valence-electron chi connectivity index (χ0n) is 7.53. The summed E-state index contributed by atoms with van der Waals surface area (Å²) in [4.78, 5) is 10.8. The topological polar surface area (TPSA) is 60.4 Å². The minimum absolute atomic E-state index is 0.0438. The summed E-state index contributed by atoms with van der Waals surface area (Å²) in [6.45, 7) is 0. The van der Waals surface area contributed by atoms with Gasteiger partial charge < -0.3 is 4.74 Å². The molecule has 1 aromatic carbocycles. The maximum absolute atomic E-state index is 11.1. The van der Waals surface area contributed by atoms with Gasteiger partial charge in [0, 0.05) is 10.7 Å². The number of benzene rings is 1. The lowest BCUT2D eigenvalue weighted by molar-refractivity contribution is 0.0600. The monoisotopic (exact) mass is 268 g/mol. The van der Waals surface area contributed by atoms with Crippen LogP contribution in [0.15, 0.2) is 23.1 Å². The average molecular weight is 269 g/mol. The van der Waals surface area contributed by atoms with Crippen molar-refractivity contribution in [3.05, 3.63) is 28.8 Å². The van der Waals surface area contributed by atoms with Crippen molar-refractivity contribution in [2.24, 2.45) is 0 Å². The fraction of sp³-hybridized carbons (Fsp3) is 0.125. The Morgan fingerprint density at radius 3 is 2.47 bits per heavy atom. The van der Waals surface area contributed by atoms with Crippen LogP contribution in [-0.2, 0) is 13.8 Å². The summed E-state index contributed by atoms with van der Waals surface area (Å²) in [5.74, 6) is -0.659. The van der Waals surface area contributed by atoms with E-state index in [1.54, 1.807) is 0 Å². The molecule has 0 aliphatic heterocycles. The first kappa shape index (κ1) is 12.3. The van der Waals surface area contributed by atoms with E-state index in [0.29, 0.717) is 0 Å². The van der Waals surface area contributed by atoms with E-state index < -0.39 is 15.0 Å². The molecule has 7 heteroatoms. The van der Waals surface area contributed by atoms with Crippen LogP contribution in [0, 0.1) is 0 Å². The van der Waals surface area contributed by atoms with Crippen molar-refractivity contribution < 1.29 is 17.9 Å². The molecule has 0 aliphatic carbocycles. The van der Waals surface area contributed by atoms with E-state index in [1.807, 2.05) is 0 Å². The summed E-state index contributed by atoms with van der Waals surface area (Å²) in [7, 11) is 2.34. The largest absolute Gasteiger partial charge is 0.465 e. The molecule has 0 atom stereocenters. The Morgan fingerprint density at radius 2 is 2.00 bits per heavy atom. The number of halogens is 2. The van der Waals surface area contributed by atoms with Crippen molar-refractivity contribution in [3.63, 3.8) is 0 Å². The quantitative estimate of drug-likeness (QED) is 0.609. The number of hydrogen-bond donors (Lipinski definition) is 0. The van der Waals surface area contributed by atoms with Crippen LogP contribution in [0.2, 0.25) is 5.02 Å². The lowest BCUT2D eigenvalue weighted by Gasteiger charge is -2.03. The molecule has 82 valence electrons. The molecule has 0 fully saturated rings. The molecule has 0 saturated heterocycles. The third-order valence-corrected chi connectivity index (χ3v) is 3.42. The molecule has 0 bridgehead atoms. The first-order chi connectivity index (χ1) is 6.86. The van der Waals surface area contributed by atoms with E-state index >= 15 is 0 Å². The lowest BCUT2D eigenvalue weighted by atomic mass is 10.2. The molecule has 0 spiro atoms. The van der Waals surface area contributed by atoms with Crippen molar-refractivity contribution >= 4 is 37.3 Å². The van der Waals surface area contributed by atoms with E-state index in [9.17, 15) is 13.2 Å². The predicted octanol–water partition coefficient (Wildman–Crippen LogP) is 2.05. The molecule has 1 rings (SSSR count). The van der Waals surface area contributed by atoms with Gasteiger partial charge in [0.05, 0.1) is 17.7 Å². The van der Waals surface area contributed by atoms with Crippen molar-refractivity contribution in [1.82, 2.24) is 0 Å². The maximum Gasteiger partial charge on any atom is 0.337 e. The smallest absolute Gasteiger partial charge is 0.337 e. The fourth-order valence-electron chi connectivity index (χ4n) is 0.935. The Hall–Kier alpha value is -0.780. The average Bonchev–Trinajstić information content (AvgIpc) is 2.15. The van der Waals surface area contributed by atoms with Gasteiger partial charge in [0.2, 0.25) is 0 Å². The highest BCUT2D eigenvalue weighted by Gasteiger charge is 2.17. The molecule has 0 aromatic heterocycles. The van der Waals surface area contributed by atoms with Gasteiger partial charge in [0.25, 0.3) is 9.05 Å². The summed E-state index contributed by atoms with van der Waals surface area (Å²) in [6, 6.07) is 3.68. The molecule has 0 saturated carbocycles. The van der Waals surface area contributed by atoms with Crippen LogP contribution in [0.3, 0.4) is 0 Å². The van der Waals surface area contributed by atoms with Crippen LogP contribution in [-0.4, -0.2) is 21.5 Å². The zero-order chi connectivity index (χ0) is 11.6. The Morgan fingerprint density at radius 1 is 1.40 bits per heavy atom. The van der Waals surface area contributed by atoms with Crippen LogP contribution < -0.4 is 0 Å². The van der Waals surface area contributed by atoms with Crippen molar-refractivity contribution in [1.29, 1.82) is 0 Å². The molecular formula is C8H6Cl2O4S. The molecule has 0 radical (unpaired) electrons. The second-order valence-corrected chi connectivity index (χ2v) is 5.52. The number of methoxy groups -OCH3 is 1. The summed E-state index contributed by atoms with van der Waals surface area (Å²) in [5, 5.41) is -0.0438. The molecule has 0 amide bonds. The number of ether oxygens (including phenoxy) is 1. The molecular weight excluding hydrogens is 263 g/mol. The number of rotatable bonds is 2. The molecule has 0 heterocycles. The third-order valence-electron chi connectivity index (χ3n) is 1.61. The van der Waals surface area contributed by atoms with Gasteiger partial charge >= 0.3 is 5.97 Å². The van der Waals surface area contributed by atoms with Gasteiger partial charge in [-0.2, -0.15) is 0 Å². The van der Waals surface area contributed by atoms with Gasteiger partial charge in [0.15, 0.2) is 0 Å². The standard InChI is InChI=1S/C8H6Cl2O4S/c1-14-8(11)5-2-3-6(9)7(4-5)15(10,12)13/h2-4H,1H3. The van der Waals surface area contributed by atoms with E-state index in [0.717, 1.165) is 6.07 Å². The van der Waals surface area contributed by atoms with Gasteiger partial charge in [-0.15, -0.1) is 0 Å². The minimum Gasteiger partial charge on any atom is -0.465 e. The van der Waals surface area contributed by atoms with Crippen LogP contribution in [0.25, 0.3) is 0 Å². The highest BCUT2D eigenvalue weighted by molar-refractivity contribution is 8.13. The summed E-state index contributed by atoms with van der Waals surface area (Å²) < 4.78 is 26.5. The molecule has 0 unspecified atom stereocenters. The molecule has 0 aliphatic rings. The van der Waals surface area contributed by atoms with Crippen LogP contribution in [0.1, 0.15) is 10.4 Å². The van der Waals surface area contributed by atoms with E-state index in [-0.39, 0.29) is 15.5 Å². The van der Waals surface area contributed by atoms with Crippen molar-refractivity contribution in [3.8, 4) is 0 Å². The Labute approximate surface area is 96.2 Å². The minimum atomic E-state index is -3.97. The number of esters is 1. The van der Waals surface area contributed by atoms with Crippen LogP contribution in [0.4, 0.5) is 0 Å². The predicted molar refractivity (Wildman–Crippen MR) is 55.8 cm³/mol. The van der Waals surface area contributed by atoms with E-state index in [2.05, 4.69) is 4.74 Å². The van der Waals surface area contributed by atoms with Gasteiger partial charge in [-0.25, -0.2) is 13.2 Å². The first-order valence-corrected chi connectivity index (χ1v) is 6.37. The van der Waals surface area contributed by atoms with Crippen LogP contribution in [0.5, 0.6) is 0 Å². The Bertz CT molecular complexity index is 495. The second kappa shape index (κ2) is 4.38. The highest BCUT2D eigenvalue weighted by Crippen LogP contribution is 2.25. The maximum atomic E-state index is 11.1. The second-order valence-electron chi connectivity index (χ2n) is 2.57. The highest BCUT2D eigenvalue weighted by atomic mass is 35.7. The number of carbonyl (C=O) groups excluding carboxylic acids is 1. The van der Waals surface area contributed by atoms with Crippen LogP contribution >= 0.6 is 22.3 Å². The van der Waals surface area contributed by atoms with Gasteiger partial charge in [0.1, 0.15) is 4.90 Å².